The van der Waals surface area contributed by atoms with Crippen molar-refractivity contribution < 1.29 is 5.11 Å². The molecule has 1 aromatic carbocycles. The third-order valence-corrected chi connectivity index (χ3v) is 1.93. The minimum absolute atomic E-state index is 0.321. The molecule has 1 aromatic rings. The van der Waals surface area contributed by atoms with E-state index in [9.17, 15) is 0 Å². The number of rotatable bonds is 3. The summed E-state index contributed by atoms with van der Waals surface area (Å²) in [5, 5.41) is 9.10. The number of phenolic OH excluding ortho intramolecular Hbond substituents is 1. The molecule has 1 N–H and O–H groups in total. The minimum atomic E-state index is 0.321. The van der Waals surface area contributed by atoms with E-state index in [2.05, 4.69) is 25.8 Å². The quantitative estimate of drug-likeness (QED) is 0.770. The Kier molecular flexibility index (Phi) is 3.18. The van der Waals surface area contributed by atoms with Gasteiger partial charge >= 0.3 is 0 Å². The van der Waals surface area contributed by atoms with Gasteiger partial charge in [0.25, 0.3) is 0 Å². The smallest absolute Gasteiger partial charge is 0.115 e. The van der Waals surface area contributed by atoms with E-state index in [1.165, 1.54) is 0 Å². The molecular weight excluding hydrogens is 162 g/mol. The van der Waals surface area contributed by atoms with Crippen LogP contribution in [0.2, 0.25) is 0 Å². The van der Waals surface area contributed by atoms with Crippen LogP contribution in [0.3, 0.4) is 0 Å². The highest BCUT2D eigenvalue weighted by molar-refractivity contribution is 5.47. The summed E-state index contributed by atoms with van der Waals surface area (Å²) in [6, 6.07) is 7.29. The van der Waals surface area contributed by atoms with Gasteiger partial charge in [0, 0.05) is 19.3 Å². The molecular formula is C11H17NO. The molecule has 0 atom stereocenters. The maximum Gasteiger partial charge on any atom is 0.115 e. The maximum atomic E-state index is 9.10. The molecule has 0 saturated heterocycles. The van der Waals surface area contributed by atoms with Gasteiger partial charge in [-0.25, -0.2) is 0 Å². The Morgan fingerprint density at radius 3 is 2.23 bits per heavy atom. The van der Waals surface area contributed by atoms with Gasteiger partial charge in [0.1, 0.15) is 5.75 Å². The summed E-state index contributed by atoms with van der Waals surface area (Å²) >= 11 is 0. The monoisotopic (exact) mass is 179 g/mol. The Balaban J connectivity index is 2.66. The van der Waals surface area contributed by atoms with Crippen LogP contribution in [0.1, 0.15) is 13.8 Å². The van der Waals surface area contributed by atoms with Crippen LogP contribution in [-0.4, -0.2) is 18.7 Å². The molecule has 0 heterocycles. The number of aromatic hydroxyl groups is 1. The molecule has 0 aliphatic heterocycles. The zero-order chi connectivity index (χ0) is 9.84. The summed E-state index contributed by atoms with van der Waals surface area (Å²) in [5.41, 5.74) is 1.14. The third kappa shape index (κ3) is 2.98. The average molecular weight is 179 g/mol. The van der Waals surface area contributed by atoms with Crippen molar-refractivity contribution in [3.8, 4) is 5.75 Å². The van der Waals surface area contributed by atoms with Gasteiger partial charge in [-0.1, -0.05) is 13.8 Å². The van der Waals surface area contributed by atoms with Crippen molar-refractivity contribution in [2.45, 2.75) is 13.8 Å². The van der Waals surface area contributed by atoms with E-state index < -0.39 is 0 Å². The molecule has 0 unspecified atom stereocenters. The summed E-state index contributed by atoms with van der Waals surface area (Å²) in [6.07, 6.45) is 0. The molecule has 0 fully saturated rings. The molecule has 13 heavy (non-hydrogen) atoms. The van der Waals surface area contributed by atoms with Crippen LogP contribution >= 0.6 is 0 Å². The Labute approximate surface area is 79.8 Å². The lowest BCUT2D eigenvalue weighted by Gasteiger charge is -2.21. The Morgan fingerprint density at radius 2 is 1.77 bits per heavy atom. The fourth-order valence-corrected chi connectivity index (χ4v) is 1.36. The normalized spacial score (nSPS) is 10.5. The van der Waals surface area contributed by atoms with Crippen molar-refractivity contribution in [1.82, 2.24) is 0 Å². The van der Waals surface area contributed by atoms with Crippen LogP contribution < -0.4 is 4.90 Å². The molecule has 0 saturated carbocycles. The third-order valence-electron chi connectivity index (χ3n) is 1.93. The number of hydrogen-bond donors (Lipinski definition) is 1. The second-order valence-corrected chi connectivity index (χ2v) is 3.79. The first-order chi connectivity index (χ1) is 6.09. The van der Waals surface area contributed by atoms with E-state index in [0.29, 0.717) is 11.7 Å². The van der Waals surface area contributed by atoms with Crippen LogP contribution in [0.5, 0.6) is 5.75 Å². The van der Waals surface area contributed by atoms with Crippen molar-refractivity contribution in [2.24, 2.45) is 5.92 Å². The lowest BCUT2D eigenvalue weighted by atomic mass is 10.2. The summed E-state index contributed by atoms with van der Waals surface area (Å²) in [6.45, 7) is 5.42. The van der Waals surface area contributed by atoms with Gasteiger partial charge in [-0.3, -0.25) is 0 Å². The van der Waals surface area contributed by atoms with Gasteiger partial charge in [0.2, 0.25) is 0 Å². The van der Waals surface area contributed by atoms with Gasteiger partial charge in [-0.15, -0.1) is 0 Å². The van der Waals surface area contributed by atoms with Crippen molar-refractivity contribution in [2.75, 3.05) is 18.5 Å². The Morgan fingerprint density at radius 1 is 1.23 bits per heavy atom. The lowest BCUT2D eigenvalue weighted by molar-refractivity contribution is 0.475. The van der Waals surface area contributed by atoms with Crippen LogP contribution in [0, 0.1) is 5.92 Å². The predicted octanol–water partition coefficient (Wildman–Crippen LogP) is 2.48. The average Bonchev–Trinajstić information content (AvgIpc) is 2.04. The van der Waals surface area contributed by atoms with E-state index in [1.54, 1.807) is 12.1 Å². The number of benzene rings is 1. The number of hydrogen-bond acceptors (Lipinski definition) is 2. The highest BCUT2D eigenvalue weighted by atomic mass is 16.3. The molecule has 0 amide bonds. The maximum absolute atomic E-state index is 9.10. The number of phenols is 1. The van der Waals surface area contributed by atoms with Gasteiger partial charge < -0.3 is 10.0 Å². The molecule has 0 aliphatic rings. The standard InChI is InChI=1S/C11H17NO/c1-9(2)8-12(3)10-4-6-11(13)7-5-10/h4-7,9,13H,8H2,1-3H3. The number of anilines is 1. The van der Waals surface area contributed by atoms with Gasteiger partial charge in [-0.2, -0.15) is 0 Å². The van der Waals surface area contributed by atoms with Crippen molar-refractivity contribution in [1.29, 1.82) is 0 Å². The van der Waals surface area contributed by atoms with Crippen LogP contribution in [-0.2, 0) is 0 Å². The lowest BCUT2D eigenvalue weighted by Crippen LogP contribution is -2.22. The SMILES string of the molecule is CC(C)CN(C)c1ccc(O)cc1. The van der Waals surface area contributed by atoms with Crippen molar-refractivity contribution in [3.05, 3.63) is 24.3 Å². The topological polar surface area (TPSA) is 23.5 Å². The minimum Gasteiger partial charge on any atom is -0.508 e. The molecule has 2 nitrogen and oxygen atoms in total. The van der Waals surface area contributed by atoms with E-state index in [0.717, 1.165) is 12.2 Å². The van der Waals surface area contributed by atoms with Gasteiger partial charge in [-0.05, 0) is 30.2 Å². The largest absolute Gasteiger partial charge is 0.508 e. The molecule has 0 aliphatic carbocycles. The highest BCUT2D eigenvalue weighted by Gasteiger charge is 2.02. The fraction of sp³-hybridized carbons (Fsp3) is 0.455. The summed E-state index contributed by atoms with van der Waals surface area (Å²) < 4.78 is 0. The van der Waals surface area contributed by atoms with Crippen LogP contribution in [0.15, 0.2) is 24.3 Å². The zero-order valence-electron chi connectivity index (χ0n) is 8.49. The zero-order valence-corrected chi connectivity index (χ0v) is 8.49. The second-order valence-electron chi connectivity index (χ2n) is 3.79. The summed E-state index contributed by atoms with van der Waals surface area (Å²) in [4.78, 5) is 2.18. The first-order valence-corrected chi connectivity index (χ1v) is 4.59. The molecule has 2 heteroatoms. The summed E-state index contributed by atoms with van der Waals surface area (Å²) in [5.74, 6) is 0.973. The van der Waals surface area contributed by atoms with Crippen molar-refractivity contribution >= 4 is 5.69 Å². The fourth-order valence-electron chi connectivity index (χ4n) is 1.36. The highest BCUT2D eigenvalue weighted by Crippen LogP contribution is 2.17. The molecule has 0 spiro atoms. The Hall–Kier alpha value is -1.18. The van der Waals surface area contributed by atoms with Crippen molar-refractivity contribution in [3.63, 3.8) is 0 Å². The first-order valence-electron chi connectivity index (χ1n) is 4.59. The summed E-state index contributed by atoms with van der Waals surface area (Å²) in [7, 11) is 2.06. The van der Waals surface area contributed by atoms with Crippen LogP contribution in [0.4, 0.5) is 5.69 Å². The number of nitrogens with zero attached hydrogens (tertiary/aromatic N) is 1. The van der Waals surface area contributed by atoms with E-state index in [-0.39, 0.29) is 0 Å². The molecule has 0 radical (unpaired) electrons. The van der Waals surface area contributed by atoms with Gasteiger partial charge in [0.05, 0.1) is 0 Å². The second kappa shape index (κ2) is 4.17. The first kappa shape index (κ1) is 9.90. The van der Waals surface area contributed by atoms with E-state index in [1.807, 2.05) is 12.1 Å². The molecule has 0 bridgehead atoms. The van der Waals surface area contributed by atoms with E-state index >= 15 is 0 Å². The molecule has 0 aromatic heterocycles. The Bertz CT molecular complexity index is 253. The molecule has 1 rings (SSSR count). The van der Waals surface area contributed by atoms with E-state index in [4.69, 9.17) is 5.11 Å². The predicted molar refractivity (Wildman–Crippen MR) is 56.2 cm³/mol. The molecule has 72 valence electrons. The van der Waals surface area contributed by atoms with Gasteiger partial charge in [0.15, 0.2) is 0 Å². The van der Waals surface area contributed by atoms with Crippen LogP contribution in [0.25, 0.3) is 0 Å².